The van der Waals surface area contributed by atoms with Crippen molar-refractivity contribution < 1.29 is 13.5 Å². The first-order valence-electron chi connectivity index (χ1n) is 6.46. The van der Waals surface area contributed by atoms with Crippen molar-refractivity contribution in [1.29, 1.82) is 0 Å². The summed E-state index contributed by atoms with van der Waals surface area (Å²) in [6, 6.07) is 0.122. The van der Waals surface area contributed by atoms with E-state index < -0.39 is 9.84 Å². The number of hydrogen-bond donors (Lipinski definition) is 1. The molecule has 5 heteroatoms. The normalized spacial score (nSPS) is 27.8. The van der Waals surface area contributed by atoms with Crippen LogP contribution in [0.1, 0.15) is 38.5 Å². The van der Waals surface area contributed by atoms with E-state index in [1.807, 2.05) is 11.9 Å². The number of likely N-dealkylation sites (N-methyl/N-ethyl adjacent to an activating group) is 1. The molecule has 0 aliphatic heterocycles. The third-order valence-corrected chi connectivity index (χ3v) is 4.50. The van der Waals surface area contributed by atoms with Gasteiger partial charge < -0.3 is 5.11 Å². The maximum atomic E-state index is 11.1. The molecular weight excluding hydrogens is 238 g/mol. The molecule has 102 valence electrons. The van der Waals surface area contributed by atoms with Crippen molar-refractivity contribution in [3.63, 3.8) is 0 Å². The van der Waals surface area contributed by atoms with Crippen molar-refractivity contribution in [2.45, 2.75) is 50.7 Å². The molecule has 0 saturated heterocycles. The zero-order chi connectivity index (χ0) is 12.9. The van der Waals surface area contributed by atoms with E-state index in [0.717, 1.165) is 25.7 Å². The minimum atomic E-state index is -2.91. The Hall–Kier alpha value is -0.130. The van der Waals surface area contributed by atoms with E-state index in [1.165, 1.54) is 19.1 Å². The van der Waals surface area contributed by atoms with E-state index in [4.69, 9.17) is 0 Å². The molecule has 0 spiro atoms. The number of rotatable bonds is 4. The number of aliphatic hydroxyl groups is 1. The molecule has 1 rings (SSSR count). The van der Waals surface area contributed by atoms with E-state index in [9.17, 15) is 13.5 Å². The van der Waals surface area contributed by atoms with Gasteiger partial charge >= 0.3 is 0 Å². The van der Waals surface area contributed by atoms with Gasteiger partial charge in [-0.25, -0.2) is 8.42 Å². The summed E-state index contributed by atoms with van der Waals surface area (Å²) in [7, 11) is -0.998. The quantitative estimate of drug-likeness (QED) is 0.823. The van der Waals surface area contributed by atoms with Crippen LogP contribution in [0.5, 0.6) is 0 Å². The van der Waals surface area contributed by atoms with Gasteiger partial charge in [-0.3, -0.25) is 4.90 Å². The average Bonchev–Trinajstić information content (AvgIpc) is 2.20. The lowest BCUT2D eigenvalue weighted by Crippen LogP contribution is -2.43. The Morgan fingerprint density at radius 1 is 1.18 bits per heavy atom. The summed E-state index contributed by atoms with van der Waals surface area (Å²) >= 11 is 0. The van der Waals surface area contributed by atoms with Crippen molar-refractivity contribution in [3.8, 4) is 0 Å². The molecule has 1 saturated carbocycles. The van der Waals surface area contributed by atoms with E-state index in [2.05, 4.69) is 0 Å². The Balaban J connectivity index is 2.49. The zero-order valence-corrected chi connectivity index (χ0v) is 11.7. The number of hydrogen-bond acceptors (Lipinski definition) is 4. The van der Waals surface area contributed by atoms with Crippen molar-refractivity contribution >= 4 is 9.84 Å². The molecule has 4 nitrogen and oxygen atoms in total. The maximum absolute atomic E-state index is 11.1. The summed E-state index contributed by atoms with van der Waals surface area (Å²) in [6.45, 7) is 0.514. The fourth-order valence-electron chi connectivity index (χ4n) is 2.44. The molecule has 1 aliphatic carbocycles. The SMILES string of the molecule is CN(CCS(C)(=O)=O)C1CCCCCCC1O. The first-order chi connectivity index (χ1) is 7.90. The lowest BCUT2D eigenvalue weighted by atomic mass is 9.93. The first-order valence-corrected chi connectivity index (χ1v) is 8.52. The second-order valence-corrected chi connectivity index (χ2v) is 7.50. The van der Waals surface area contributed by atoms with E-state index >= 15 is 0 Å². The van der Waals surface area contributed by atoms with Gasteiger partial charge in [0.25, 0.3) is 0 Å². The minimum absolute atomic E-state index is 0.122. The van der Waals surface area contributed by atoms with Crippen LogP contribution < -0.4 is 0 Å². The molecule has 0 aromatic heterocycles. The summed E-state index contributed by atoms with van der Waals surface area (Å²) in [5, 5.41) is 10.1. The zero-order valence-electron chi connectivity index (χ0n) is 10.9. The number of aliphatic hydroxyl groups excluding tert-OH is 1. The third kappa shape index (κ3) is 5.84. The van der Waals surface area contributed by atoms with Gasteiger partial charge in [0, 0.05) is 18.8 Å². The van der Waals surface area contributed by atoms with Crippen molar-refractivity contribution in [2.75, 3.05) is 25.6 Å². The second kappa shape index (κ2) is 6.71. The van der Waals surface area contributed by atoms with Crippen LogP contribution in [0.2, 0.25) is 0 Å². The Kier molecular flexibility index (Phi) is 5.89. The van der Waals surface area contributed by atoms with Gasteiger partial charge in [-0.1, -0.05) is 25.7 Å². The number of nitrogens with zero attached hydrogens (tertiary/aromatic N) is 1. The highest BCUT2D eigenvalue weighted by atomic mass is 32.2. The Bertz CT molecular complexity index is 316. The lowest BCUT2D eigenvalue weighted by molar-refractivity contribution is 0.0470. The molecular formula is C12H25NO3S. The Morgan fingerprint density at radius 2 is 1.76 bits per heavy atom. The predicted octanol–water partition coefficient (Wildman–Crippen LogP) is 1.05. The molecule has 1 fully saturated rings. The van der Waals surface area contributed by atoms with Crippen LogP contribution in [0.3, 0.4) is 0 Å². The maximum Gasteiger partial charge on any atom is 0.148 e. The highest BCUT2D eigenvalue weighted by Gasteiger charge is 2.24. The van der Waals surface area contributed by atoms with Crippen LogP contribution in [0.4, 0.5) is 0 Å². The van der Waals surface area contributed by atoms with Gasteiger partial charge in [-0.15, -0.1) is 0 Å². The standard InChI is InChI=1S/C12H25NO3S/c1-13(9-10-17(2,15)16)11-7-5-3-4-6-8-12(11)14/h11-12,14H,3-10H2,1-2H3. The molecule has 1 aliphatic rings. The van der Waals surface area contributed by atoms with Crippen molar-refractivity contribution in [2.24, 2.45) is 0 Å². The van der Waals surface area contributed by atoms with Crippen LogP contribution >= 0.6 is 0 Å². The average molecular weight is 263 g/mol. The first kappa shape index (κ1) is 14.9. The predicted molar refractivity (Wildman–Crippen MR) is 69.8 cm³/mol. The van der Waals surface area contributed by atoms with E-state index in [1.54, 1.807) is 0 Å². The molecule has 0 bridgehead atoms. The molecule has 0 heterocycles. The molecule has 0 aromatic carbocycles. The van der Waals surface area contributed by atoms with Crippen molar-refractivity contribution in [1.82, 2.24) is 4.90 Å². The van der Waals surface area contributed by atoms with Crippen LogP contribution in [0, 0.1) is 0 Å². The van der Waals surface area contributed by atoms with Gasteiger partial charge in [0.05, 0.1) is 11.9 Å². The molecule has 0 aromatic rings. The molecule has 2 unspecified atom stereocenters. The van der Waals surface area contributed by atoms with Crippen LogP contribution in [-0.2, 0) is 9.84 Å². The number of sulfone groups is 1. The molecule has 1 N–H and O–H groups in total. The second-order valence-electron chi connectivity index (χ2n) is 5.24. The highest BCUT2D eigenvalue weighted by Crippen LogP contribution is 2.21. The Morgan fingerprint density at radius 3 is 2.35 bits per heavy atom. The van der Waals surface area contributed by atoms with Crippen molar-refractivity contribution in [3.05, 3.63) is 0 Å². The van der Waals surface area contributed by atoms with Gasteiger partial charge in [-0.05, 0) is 19.9 Å². The summed E-state index contributed by atoms with van der Waals surface area (Å²) in [5.74, 6) is 0.173. The lowest BCUT2D eigenvalue weighted by Gasteiger charge is -2.33. The third-order valence-electron chi connectivity index (χ3n) is 3.57. The van der Waals surface area contributed by atoms with Crippen LogP contribution in [0.25, 0.3) is 0 Å². The summed E-state index contributed by atoms with van der Waals surface area (Å²) in [6.07, 6.45) is 7.41. The Labute approximate surface area is 105 Å². The smallest absolute Gasteiger partial charge is 0.148 e. The topological polar surface area (TPSA) is 57.6 Å². The van der Waals surface area contributed by atoms with E-state index in [-0.39, 0.29) is 17.9 Å². The molecule has 17 heavy (non-hydrogen) atoms. The van der Waals surface area contributed by atoms with Gasteiger partial charge in [0.15, 0.2) is 0 Å². The minimum Gasteiger partial charge on any atom is -0.391 e. The molecule has 0 radical (unpaired) electrons. The summed E-state index contributed by atoms with van der Waals surface area (Å²) in [5.41, 5.74) is 0. The fraction of sp³-hybridized carbons (Fsp3) is 1.00. The summed E-state index contributed by atoms with van der Waals surface area (Å²) < 4.78 is 22.3. The van der Waals surface area contributed by atoms with E-state index in [0.29, 0.717) is 6.54 Å². The fourth-order valence-corrected chi connectivity index (χ4v) is 3.05. The van der Waals surface area contributed by atoms with Gasteiger partial charge in [0.1, 0.15) is 9.84 Å². The molecule has 0 amide bonds. The van der Waals surface area contributed by atoms with Crippen LogP contribution in [-0.4, -0.2) is 56.2 Å². The molecule has 2 atom stereocenters. The highest BCUT2D eigenvalue weighted by molar-refractivity contribution is 7.90. The summed E-state index contributed by atoms with van der Waals surface area (Å²) in [4.78, 5) is 2.01. The van der Waals surface area contributed by atoms with Gasteiger partial charge in [-0.2, -0.15) is 0 Å². The van der Waals surface area contributed by atoms with Gasteiger partial charge in [0.2, 0.25) is 0 Å². The largest absolute Gasteiger partial charge is 0.391 e. The van der Waals surface area contributed by atoms with Crippen LogP contribution in [0.15, 0.2) is 0 Å². The monoisotopic (exact) mass is 263 g/mol.